The molecule has 3 aromatic rings. The van der Waals surface area contributed by atoms with Crippen molar-refractivity contribution < 1.29 is 17.9 Å². The average Bonchev–Trinajstić information content (AvgIpc) is 2.60. The summed E-state index contributed by atoms with van der Waals surface area (Å²) in [6.45, 7) is 2.17. The van der Waals surface area contributed by atoms with Gasteiger partial charge in [0.15, 0.2) is 0 Å². The van der Waals surface area contributed by atoms with Crippen molar-refractivity contribution in [1.29, 1.82) is 0 Å². The van der Waals surface area contributed by atoms with Crippen LogP contribution in [0.15, 0.2) is 55.0 Å². The van der Waals surface area contributed by atoms with Gasteiger partial charge in [0.2, 0.25) is 0 Å². The molecule has 1 aromatic carbocycles. The van der Waals surface area contributed by atoms with E-state index in [2.05, 4.69) is 14.9 Å². The molecule has 0 bridgehead atoms. The van der Waals surface area contributed by atoms with E-state index in [0.29, 0.717) is 18.0 Å². The lowest BCUT2D eigenvalue weighted by Gasteiger charge is -2.41. The Morgan fingerprint density at radius 1 is 1.12 bits per heavy atom. The Labute approximate surface area is 148 Å². The zero-order chi connectivity index (χ0) is 18.1. The lowest BCUT2D eigenvalue weighted by atomic mass is 9.99. The normalized spacial score (nSPS) is 15.1. The molecule has 4 nitrogen and oxygen atoms in total. The van der Waals surface area contributed by atoms with Gasteiger partial charge in [-0.25, -0.2) is 0 Å². The molecule has 134 valence electrons. The molecule has 0 unspecified atom stereocenters. The summed E-state index contributed by atoms with van der Waals surface area (Å²) in [6.07, 6.45) is 0.552. The zero-order valence-corrected chi connectivity index (χ0v) is 13.8. The monoisotopic (exact) mass is 359 g/mol. The molecule has 4 rings (SSSR count). The van der Waals surface area contributed by atoms with Gasteiger partial charge in [-0.2, -0.15) is 13.2 Å². The molecule has 0 N–H and O–H groups in total. The fourth-order valence-electron chi connectivity index (χ4n) is 3.10. The maximum Gasteiger partial charge on any atom is 0.416 e. The van der Waals surface area contributed by atoms with Crippen LogP contribution in [0.25, 0.3) is 10.9 Å². The Hall–Kier alpha value is -2.83. The van der Waals surface area contributed by atoms with Gasteiger partial charge in [-0.1, -0.05) is 6.07 Å². The number of rotatable bonds is 4. The number of hydrogen-bond acceptors (Lipinski definition) is 4. The predicted octanol–water partition coefficient (Wildman–Crippen LogP) is 4.16. The fourth-order valence-corrected chi connectivity index (χ4v) is 3.10. The Balaban J connectivity index is 1.45. The van der Waals surface area contributed by atoms with E-state index in [0.717, 1.165) is 42.0 Å². The van der Waals surface area contributed by atoms with Crippen molar-refractivity contribution >= 4 is 16.6 Å². The highest BCUT2D eigenvalue weighted by atomic mass is 19.4. The maximum absolute atomic E-state index is 12.9. The second-order valence-electron chi connectivity index (χ2n) is 6.33. The zero-order valence-electron chi connectivity index (χ0n) is 13.8. The fraction of sp³-hybridized carbons (Fsp3) is 0.263. The number of aromatic nitrogens is 2. The minimum atomic E-state index is -4.36. The second-order valence-corrected chi connectivity index (χ2v) is 6.33. The molecule has 0 amide bonds. The van der Waals surface area contributed by atoms with Crippen molar-refractivity contribution in [2.75, 3.05) is 24.6 Å². The smallest absolute Gasteiger partial charge is 0.416 e. The number of fused-ring (bicyclic) bond motifs is 1. The Kier molecular flexibility index (Phi) is 4.14. The highest BCUT2D eigenvalue weighted by Gasteiger charge is 2.32. The van der Waals surface area contributed by atoms with E-state index >= 15 is 0 Å². The number of pyridine rings is 2. The Bertz CT molecular complexity index is 909. The average molecular weight is 359 g/mol. The van der Waals surface area contributed by atoms with Gasteiger partial charge in [0.1, 0.15) is 5.75 Å². The third-order valence-corrected chi connectivity index (χ3v) is 4.46. The molecule has 3 heterocycles. The molecule has 1 saturated heterocycles. The van der Waals surface area contributed by atoms with Crippen LogP contribution in [0.5, 0.6) is 5.75 Å². The van der Waals surface area contributed by atoms with Crippen molar-refractivity contribution in [2.45, 2.75) is 6.18 Å². The summed E-state index contributed by atoms with van der Waals surface area (Å²) in [4.78, 5) is 10.2. The summed E-state index contributed by atoms with van der Waals surface area (Å²) in [5, 5.41) is 0.729. The van der Waals surface area contributed by atoms with Gasteiger partial charge in [-0.05, 0) is 30.3 Å². The van der Waals surface area contributed by atoms with E-state index in [-0.39, 0.29) is 0 Å². The molecule has 1 fully saturated rings. The largest absolute Gasteiger partial charge is 0.492 e. The highest BCUT2D eigenvalue weighted by molar-refractivity contribution is 5.92. The van der Waals surface area contributed by atoms with Crippen LogP contribution in [0.4, 0.5) is 18.9 Å². The Morgan fingerprint density at radius 2 is 1.96 bits per heavy atom. The number of halogens is 3. The first-order valence-electron chi connectivity index (χ1n) is 8.24. The van der Waals surface area contributed by atoms with Crippen LogP contribution >= 0.6 is 0 Å². The molecular formula is C19H16F3N3O. The molecule has 1 aliphatic rings. The van der Waals surface area contributed by atoms with Gasteiger partial charge in [-0.15, -0.1) is 0 Å². The van der Waals surface area contributed by atoms with E-state index < -0.39 is 11.7 Å². The van der Waals surface area contributed by atoms with Gasteiger partial charge in [0, 0.05) is 42.5 Å². The maximum atomic E-state index is 12.9. The lowest BCUT2D eigenvalue weighted by molar-refractivity contribution is -0.137. The molecule has 7 heteroatoms. The van der Waals surface area contributed by atoms with Crippen molar-refractivity contribution in [3.63, 3.8) is 0 Å². The molecule has 26 heavy (non-hydrogen) atoms. The van der Waals surface area contributed by atoms with Crippen molar-refractivity contribution in [2.24, 2.45) is 5.92 Å². The van der Waals surface area contributed by atoms with Crippen LogP contribution in [0, 0.1) is 5.92 Å². The predicted molar refractivity (Wildman–Crippen MR) is 92.2 cm³/mol. The van der Waals surface area contributed by atoms with Crippen molar-refractivity contribution in [1.82, 2.24) is 9.97 Å². The number of hydrogen-bond donors (Lipinski definition) is 0. The summed E-state index contributed by atoms with van der Waals surface area (Å²) in [5.74, 6) is 1.10. The molecule has 0 radical (unpaired) electrons. The quantitative estimate of drug-likeness (QED) is 0.701. The summed E-state index contributed by atoms with van der Waals surface area (Å²) in [7, 11) is 0. The number of anilines is 1. The number of alkyl halides is 3. The van der Waals surface area contributed by atoms with E-state index in [1.54, 1.807) is 18.6 Å². The van der Waals surface area contributed by atoms with Gasteiger partial charge in [0.25, 0.3) is 0 Å². The first kappa shape index (κ1) is 16.6. The van der Waals surface area contributed by atoms with Crippen LogP contribution in [0.3, 0.4) is 0 Å². The topological polar surface area (TPSA) is 38.2 Å². The summed E-state index contributed by atoms with van der Waals surface area (Å²) in [6, 6.07) is 9.23. The Morgan fingerprint density at radius 3 is 2.69 bits per heavy atom. The van der Waals surface area contributed by atoms with E-state index in [1.165, 1.54) is 6.07 Å². The van der Waals surface area contributed by atoms with Gasteiger partial charge >= 0.3 is 6.18 Å². The molecule has 0 saturated carbocycles. The number of nitrogens with zero attached hydrogens (tertiary/aromatic N) is 3. The van der Waals surface area contributed by atoms with Crippen LogP contribution in [0.1, 0.15) is 5.56 Å². The standard InChI is InChI=1S/C19H16F3N3O/c20-19(21,22)14-3-4-16-17(8-14)24-7-5-18(16)25-10-13(11-25)12-26-15-2-1-6-23-9-15/h1-9,13H,10-12H2. The second kappa shape index (κ2) is 6.48. The third kappa shape index (κ3) is 3.29. The van der Waals surface area contributed by atoms with Crippen LogP contribution < -0.4 is 9.64 Å². The highest BCUT2D eigenvalue weighted by Crippen LogP contribution is 2.35. The first-order valence-corrected chi connectivity index (χ1v) is 8.24. The summed E-state index contributed by atoms with van der Waals surface area (Å²) >= 11 is 0. The molecule has 2 aromatic heterocycles. The molecular weight excluding hydrogens is 343 g/mol. The number of ether oxygens (including phenoxy) is 1. The van der Waals surface area contributed by atoms with Crippen LogP contribution in [0.2, 0.25) is 0 Å². The minimum absolute atomic E-state index is 0.354. The van der Waals surface area contributed by atoms with E-state index in [9.17, 15) is 13.2 Å². The minimum Gasteiger partial charge on any atom is -0.492 e. The molecule has 0 aliphatic carbocycles. The summed E-state index contributed by atoms with van der Waals surface area (Å²) in [5.41, 5.74) is 0.578. The first-order chi connectivity index (χ1) is 12.5. The number of benzene rings is 1. The summed E-state index contributed by atoms with van der Waals surface area (Å²) < 4.78 is 44.3. The molecule has 0 atom stereocenters. The van der Waals surface area contributed by atoms with Crippen LogP contribution in [-0.4, -0.2) is 29.7 Å². The van der Waals surface area contributed by atoms with E-state index in [1.807, 2.05) is 18.2 Å². The lowest BCUT2D eigenvalue weighted by Crippen LogP contribution is -2.49. The van der Waals surface area contributed by atoms with Gasteiger partial charge in [-0.3, -0.25) is 9.97 Å². The molecule has 0 spiro atoms. The van der Waals surface area contributed by atoms with Crippen molar-refractivity contribution in [3.05, 3.63) is 60.6 Å². The van der Waals surface area contributed by atoms with Gasteiger partial charge < -0.3 is 9.64 Å². The molecule has 1 aliphatic heterocycles. The SMILES string of the molecule is FC(F)(F)c1ccc2c(N3CC(COc4cccnc4)C3)ccnc2c1. The third-order valence-electron chi connectivity index (χ3n) is 4.46. The van der Waals surface area contributed by atoms with E-state index in [4.69, 9.17) is 4.74 Å². The van der Waals surface area contributed by atoms with Crippen LogP contribution in [-0.2, 0) is 6.18 Å². The van der Waals surface area contributed by atoms with Crippen molar-refractivity contribution in [3.8, 4) is 5.75 Å². The van der Waals surface area contributed by atoms with Gasteiger partial charge in [0.05, 0.1) is 23.9 Å².